The number of aryl methyl sites for hydroxylation is 1. The van der Waals surface area contributed by atoms with Gasteiger partial charge in [0.25, 0.3) is 0 Å². The Hall–Kier alpha value is -2.13. The van der Waals surface area contributed by atoms with E-state index >= 15 is 0 Å². The number of nitrogens with zero attached hydrogens (tertiary/aromatic N) is 2. The Morgan fingerprint density at radius 2 is 1.96 bits per heavy atom. The van der Waals surface area contributed by atoms with Gasteiger partial charge in [0.1, 0.15) is 16.2 Å². The third kappa shape index (κ3) is 3.53. The van der Waals surface area contributed by atoms with Gasteiger partial charge in [0, 0.05) is 7.05 Å². The van der Waals surface area contributed by atoms with Crippen molar-refractivity contribution in [2.45, 2.75) is 18.4 Å². The average Bonchev–Trinajstić information content (AvgIpc) is 3.00. The number of rotatable bonds is 5. The second kappa shape index (κ2) is 7.12. The van der Waals surface area contributed by atoms with Crippen LogP contribution < -0.4 is 0 Å². The van der Waals surface area contributed by atoms with Crippen LogP contribution in [0.4, 0.5) is 0 Å². The van der Waals surface area contributed by atoms with Crippen molar-refractivity contribution in [3.63, 3.8) is 0 Å². The van der Waals surface area contributed by atoms with Crippen LogP contribution in [0.3, 0.4) is 0 Å². The van der Waals surface area contributed by atoms with Crippen LogP contribution in [0.2, 0.25) is 10.0 Å². The fraction of sp³-hybridized carbons (Fsp3) is 0.176. The highest BCUT2D eigenvalue weighted by Gasteiger charge is 2.28. The summed E-state index contributed by atoms with van der Waals surface area (Å²) < 4.78 is 26.9. The molecule has 3 rings (SSSR count). The monoisotopic (exact) mass is 427 g/mol. The van der Waals surface area contributed by atoms with E-state index in [-0.39, 0.29) is 32.6 Å². The molecule has 10 heteroatoms. The van der Waals surface area contributed by atoms with E-state index in [0.717, 1.165) is 4.31 Å². The van der Waals surface area contributed by atoms with Gasteiger partial charge in [-0.3, -0.25) is 0 Å². The normalized spacial score (nSPS) is 12.0. The zero-order chi connectivity index (χ0) is 19.9. The van der Waals surface area contributed by atoms with E-state index in [9.17, 15) is 18.3 Å². The molecule has 0 radical (unpaired) electrons. The number of carboxylic acids is 1. The maximum Gasteiger partial charge on any atom is 0.337 e. The molecule has 7 nitrogen and oxygen atoms in total. The Labute approximate surface area is 165 Å². The van der Waals surface area contributed by atoms with Crippen LogP contribution in [0.5, 0.6) is 0 Å². The standard InChI is InChI=1S/C17H15Cl2N3O4S/c1-9-6-7-11(18)16(14(9)19)27(25,26)22(2)8-13-20-12-5-3-4-10(17(23)24)15(12)21-13/h3-7H,8H2,1-2H3,(H,20,21)(H,23,24). The molecule has 0 unspecified atom stereocenters. The van der Waals surface area contributed by atoms with Crippen molar-refractivity contribution in [1.29, 1.82) is 0 Å². The van der Waals surface area contributed by atoms with Crippen LogP contribution in [0.1, 0.15) is 21.7 Å². The van der Waals surface area contributed by atoms with Gasteiger partial charge in [-0.15, -0.1) is 0 Å². The molecular formula is C17H15Cl2N3O4S. The van der Waals surface area contributed by atoms with E-state index in [2.05, 4.69) is 9.97 Å². The van der Waals surface area contributed by atoms with Crippen molar-refractivity contribution in [1.82, 2.24) is 14.3 Å². The summed E-state index contributed by atoms with van der Waals surface area (Å²) in [6, 6.07) is 7.80. The highest BCUT2D eigenvalue weighted by Crippen LogP contribution is 2.34. The van der Waals surface area contributed by atoms with E-state index in [0.29, 0.717) is 16.9 Å². The summed E-state index contributed by atoms with van der Waals surface area (Å²) in [6.45, 7) is 1.57. The van der Waals surface area contributed by atoms with Crippen LogP contribution in [-0.4, -0.2) is 40.8 Å². The number of aromatic amines is 1. The third-order valence-corrected chi connectivity index (χ3v) is 6.99. The highest BCUT2D eigenvalue weighted by atomic mass is 35.5. The molecule has 3 aromatic rings. The Morgan fingerprint density at radius 3 is 2.63 bits per heavy atom. The van der Waals surface area contributed by atoms with Gasteiger partial charge >= 0.3 is 5.97 Å². The molecule has 0 atom stereocenters. The van der Waals surface area contributed by atoms with E-state index in [4.69, 9.17) is 23.2 Å². The molecule has 0 bridgehead atoms. The lowest BCUT2D eigenvalue weighted by Gasteiger charge is -2.18. The number of sulfonamides is 1. The number of H-pyrrole nitrogens is 1. The topological polar surface area (TPSA) is 103 Å². The molecule has 0 fully saturated rings. The smallest absolute Gasteiger partial charge is 0.337 e. The van der Waals surface area contributed by atoms with E-state index in [1.54, 1.807) is 25.1 Å². The molecule has 27 heavy (non-hydrogen) atoms. The first-order valence-corrected chi connectivity index (χ1v) is 9.94. The second-order valence-electron chi connectivity index (χ2n) is 5.96. The summed E-state index contributed by atoms with van der Waals surface area (Å²) in [5, 5.41) is 9.33. The Morgan fingerprint density at radius 1 is 1.26 bits per heavy atom. The number of aromatic carboxylic acids is 1. The fourth-order valence-electron chi connectivity index (χ4n) is 2.65. The van der Waals surface area contributed by atoms with Gasteiger partial charge in [-0.2, -0.15) is 4.31 Å². The van der Waals surface area contributed by atoms with E-state index in [1.807, 2.05) is 0 Å². The van der Waals surface area contributed by atoms with Gasteiger partial charge < -0.3 is 10.1 Å². The first-order valence-electron chi connectivity index (χ1n) is 7.74. The number of fused-ring (bicyclic) bond motifs is 1. The minimum absolute atomic E-state index is 0.0234. The zero-order valence-electron chi connectivity index (χ0n) is 14.3. The molecular weight excluding hydrogens is 413 g/mol. The number of benzene rings is 2. The van der Waals surface area contributed by atoms with Crippen molar-refractivity contribution in [2.75, 3.05) is 7.05 Å². The lowest BCUT2D eigenvalue weighted by molar-refractivity contribution is 0.0699. The predicted molar refractivity (Wildman–Crippen MR) is 103 cm³/mol. The molecule has 0 amide bonds. The van der Waals surface area contributed by atoms with Gasteiger partial charge in [-0.25, -0.2) is 18.2 Å². The fourth-order valence-corrected chi connectivity index (χ4v) is 4.91. The first-order chi connectivity index (χ1) is 12.6. The average molecular weight is 428 g/mol. The number of aromatic nitrogens is 2. The molecule has 0 saturated carbocycles. The number of hydrogen-bond donors (Lipinski definition) is 2. The van der Waals surface area contributed by atoms with Gasteiger partial charge in [0.2, 0.25) is 10.0 Å². The quantitative estimate of drug-likeness (QED) is 0.645. The number of imidazole rings is 1. The summed E-state index contributed by atoms with van der Waals surface area (Å²) in [5.41, 5.74) is 1.38. The maximum atomic E-state index is 12.9. The Balaban J connectivity index is 1.99. The second-order valence-corrected chi connectivity index (χ2v) is 8.73. The number of carboxylic acid groups (broad SMARTS) is 1. The molecule has 0 saturated heterocycles. The summed E-state index contributed by atoms with van der Waals surface area (Å²) in [5.74, 6) is -0.817. The minimum Gasteiger partial charge on any atom is -0.478 e. The van der Waals surface area contributed by atoms with Crippen LogP contribution in [0.15, 0.2) is 35.2 Å². The van der Waals surface area contributed by atoms with Crippen molar-refractivity contribution < 1.29 is 18.3 Å². The largest absolute Gasteiger partial charge is 0.478 e. The number of hydrogen-bond acceptors (Lipinski definition) is 4. The van der Waals surface area contributed by atoms with Crippen LogP contribution in [0, 0.1) is 6.92 Å². The van der Waals surface area contributed by atoms with Crippen LogP contribution in [0.25, 0.3) is 11.0 Å². The summed E-state index contributed by atoms with van der Waals surface area (Å²) in [4.78, 5) is 18.3. The van der Waals surface area contributed by atoms with Gasteiger partial charge in [-0.05, 0) is 30.7 Å². The van der Waals surface area contributed by atoms with Gasteiger partial charge in [-0.1, -0.05) is 35.3 Å². The molecule has 2 N–H and O–H groups in total. The van der Waals surface area contributed by atoms with Crippen LogP contribution in [-0.2, 0) is 16.6 Å². The molecule has 0 aliphatic rings. The van der Waals surface area contributed by atoms with Crippen LogP contribution >= 0.6 is 23.2 Å². The SMILES string of the molecule is Cc1ccc(Cl)c(S(=O)(=O)N(C)Cc2nc3c(C(=O)O)cccc3[nH]2)c1Cl. The number of halogens is 2. The summed E-state index contributed by atoms with van der Waals surface area (Å²) in [7, 11) is -2.62. The minimum atomic E-state index is -3.99. The van der Waals surface area contributed by atoms with Gasteiger partial charge in [0.15, 0.2) is 0 Å². The first kappa shape index (κ1) is 19.6. The van der Waals surface area contributed by atoms with E-state index in [1.165, 1.54) is 19.2 Å². The van der Waals surface area contributed by atoms with Crippen molar-refractivity contribution >= 4 is 50.2 Å². The van der Waals surface area contributed by atoms with Crippen molar-refractivity contribution in [2.24, 2.45) is 0 Å². The lowest BCUT2D eigenvalue weighted by Crippen LogP contribution is -2.27. The number of nitrogens with one attached hydrogen (secondary N) is 1. The molecule has 0 aliphatic carbocycles. The summed E-state index contributed by atoms with van der Waals surface area (Å²) >= 11 is 12.2. The molecule has 0 aliphatic heterocycles. The highest BCUT2D eigenvalue weighted by molar-refractivity contribution is 7.89. The maximum absolute atomic E-state index is 12.9. The number of para-hydroxylation sites is 1. The Kier molecular flexibility index (Phi) is 5.18. The van der Waals surface area contributed by atoms with Crippen molar-refractivity contribution in [3.8, 4) is 0 Å². The molecule has 0 spiro atoms. The summed E-state index contributed by atoms with van der Waals surface area (Å²) in [6.07, 6.45) is 0. The molecule has 2 aromatic carbocycles. The number of carbonyl (C=O) groups is 1. The molecule has 1 aromatic heterocycles. The predicted octanol–water partition coefficient (Wildman–Crippen LogP) is 3.70. The molecule has 1 heterocycles. The van der Waals surface area contributed by atoms with Gasteiger partial charge in [0.05, 0.1) is 27.7 Å². The Bertz CT molecular complexity index is 1160. The molecule has 142 valence electrons. The van der Waals surface area contributed by atoms with Crippen molar-refractivity contribution in [3.05, 3.63) is 57.3 Å². The lowest BCUT2D eigenvalue weighted by atomic mass is 10.2. The third-order valence-electron chi connectivity index (χ3n) is 4.07. The zero-order valence-corrected chi connectivity index (χ0v) is 16.7. The van der Waals surface area contributed by atoms with E-state index < -0.39 is 16.0 Å².